The van der Waals surface area contributed by atoms with Gasteiger partial charge in [-0.3, -0.25) is 14.2 Å². The normalized spacial score (nSPS) is 12.1. The zero-order chi connectivity index (χ0) is 22.7. The van der Waals surface area contributed by atoms with Crippen molar-refractivity contribution < 1.29 is 9.21 Å². The highest BCUT2D eigenvalue weighted by Gasteiger charge is 2.18. The maximum absolute atomic E-state index is 13.4. The highest BCUT2D eigenvalue weighted by molar-refractivity contribution is 7.99. The number of thioether (sulfide) groups is 1. The zero-order valence-corrected chi connectivity index (χ0v) is 19.5. The Morgan fingerprint density at radius 2 is 2.12 bits per heavy atom. The number of aryl methyl sites for hydroxylation is 1. The van der Waals surface area contributed by atoms with E-state index in [9.17, 15) is 9.59 Å². The van der Waals surface area contributed by atoms with Gasteiger partial charge in [0.05, 0.1) is 23.4 Å². The molecule has 0 fully saturated rings. The predicted octanol–water partition coefficient (Wildman–Crippen LogP) is 5.18. The number of nitrogens with zero attached hydrogens (tertiary/aromatic N) is 2. The Bertz CT molecular complexity index is 1310. The van der Waals surface area contributed by atoms with Crippen molar-refractivity contribution in [2.24, 2.45) is 0 Å². The van der Waals surface area contributed by atoms with Gasteiger partial charge in [0, 0.05) is 17.5 Å². The summed E-state index contributed by atoms with van der Waals surface area (Å²) >= 11 is 2.67. The molecule has 0 bridgehead atoms. The predicted molar refractivity (Wildman–Crippen MR) is 130 cm³/mol. The number of carbonyl (C=O) groups is 1. The van der Waals surface area contributed by atoms with Crippen LogP contribution in [0, 0.1) is 6.92 Å². The second kappa shape index (κ2) is 9.58. The van der Waals surface area contributed by atoms with E-state index >= 15 is 0 Å². The van der Waals surface area contributed by atoms with Crippen LogP contribution in [-0.4, -0.2) is 21.2 Å². The van der Waals surface area contributed by atoms with E-state index in [1.807, 2.05) is 49.6 Å². The van der Waals surface area contributed by atoms with Crippen LogP contribution in [0.2, 0.25) is 0 Å². The Kier molecular flexibility index (Phi) is 6.62. The van der Waals surface area contributed by atoms with Crippen LogP contribution < -0.4 is 10.9 Å². The minimum absolute atomic E-state index is 0.126. The van der Waals surface area contributed by atoms with E-state index in [2.05, 4.69) is 11.9 Å². The van der Waals surface area contributed by atoms with Crippen molar-refractivity contribution in [2.45, 2.75) is 31.6 Å². The van der Waals surface area contributed by atoms with E-state index in [1.54, 1.807) is 23.0 Å². The van der Waals surface area contributed by atoms with Gasteiger partial charge in [-0.25, -0.2) is 4.98 Å². The maximum atomic E-state index is 13.4. The molecule has 32 heavy (non-hydrogen) atoms. The lowest BCUT2D eigenvalue weighted by molar-refractivity contribution is -0.119. The maximum Gasteiger partial charge on any atom is 0.263 e. The highest BCUT2D eigenvalue weighted by Crippen LogP contribution is 2.32. The summed E-state index contributed by atoms with van der Waals surface area (Å²) in [5.41, 5.74) is 2.90. The molecular formula is C24H23N3O3S2. The molecule has 0 radical (unpaired) electrons. The fourth-order valence-corrected chi connectivity index (χ4v) is 5.18. The van der Waals surface area contributed by atoms with Crippen molar-refractivity contribution in [2.75, 3.05) is 5.75 Å². The number of hydrogen-bond acceptors (Lipinski definition) is 6. The van der Waals surface area contributed by atoms with Crippen LogP contribution in [0.25, 0.3) is 21.3 Å². The van der Waals surface area contributed by atoms with Crippen LogP contribution in [0.5, 0.6) is 0 Å². The molecule has 3 heterocycles. The second-order valence-corrected chi connectivity index (χ2v) is 9.19. The van der Waals surface area contributed by atoms with Gasteiger partial charge in [0.1, 0.15) is 10.6 Å². The number of amides is 1. The second-order valence-electron chi connectivity index (χ2n) is 7.39. The summed E-state index contributed by atoms with van der Waals surface area (Å²) in [4.78, 5) is 31.2. The van der Waals surface area contributed by atoms with E-state index in [0.29, 0.717) is 27.7 Å². The highest BCUT2D eigenvalue weighted by atomic mass is 32.2. The average molecular weight is 466 g/mol. The van der Waals surface area contributed by atoms with Gasteiger partial charge in [0.15, 0.2) is 5.16 Å². The topological polar surface area (TPSA) is 77.1 Å². The van der Waals surface area contributed by atoms with Crippen LogP contribution in [0.1, 0.15) is 24.3 Å². The summed E-state index contributed by atoms with van der Waals surface area (Å²) in [7, 11) is 0. The number of nitrogens with one attached hydrogen (secondary N) is 1. The number of allylic oxidation sites excluding steroid dienone is 1. The molecular weight excluding hydrogens is 442 g/mol. The Morgan fingerprint density at radius 3 is 2.81 bits per heavy atom. The largest absolute Gasteiger partial charge is 0.467 e. The number of aromatic nitrogens is 2. The SMILES string of the molecule is C=CCn1c(SCC(=O)NC(C)c2ccco2)nc2scc(-c3ccc(C)cc3)c2c1=O. The number of thiophene rings is 1. The fourth-order valence-electron chi connectivity index (χ4n) is 3.37. The molecule has 3 aromatic heterocycles. The molecule has 0 aliphatic rings. The van der Waals surface area contributed by atoms with Gasteiger partial charge in [-0.2, -0.15) is 0 Å². The van der Waals surface area contributed by atoms with Crippen molar-refractivity contribution in [3.8, 4) is 11.1 Å². The molecule has 1 N–H and O–H groups in total. The fraction of sp³-hybridized carbons (Fsp3) is 0.208. The minimum Gasteiger partial charge on any atom is -0.467 e. The van der Waals surface area contributed by atoms with E-state index in [-0.39, 0.29) is 23.3 Å². The summed E-state index contributed by atoms with van der Waals surface area (Å²) in [5, 5.41) is 5.96. The van der Waals surface area contributed by atoms with E-state index in [0.717, 1.165) is 16.7 Å². The Morgan fingerprint density at radius 1 is 1.34 bits per heavy atom. The van der Waals surface area contributed by atoms with Gasteiger partial charge < -0.3 is 9.73 Å². The third kappa shape index (κ3) is 4.56. The first-order valence-corrected chi connectivity index (χ1v) is 12.0. The number of carbonyl (C=O) groups excluding carboxylic acids is 1. The van der Waals surface area contributed by atoms with Crippen LogP contribution in [0.3, 0.4) is 0 Å². The molecule has 164 valence electrons. The van der Waals surface area contributed by atoms with Crippen LogP contribution in [0.4, 0.5) is 0 Å². The zero-order valence-electron chi connectivity index (χ0n) is 17.8. The first kappa shape index (κ1) is 22.1. The molecule has 8 heteroatoms. The van der Waals surface area contributed by atoms with Crippen LogP contribution in [-0.2, 0) is 11.3 Å². The van der Waals surface area contributed by atoms with Gasteiger partial charge in [0.2, 0.25) is 5.91 Å². The molecule has 4 rings (SSSR count). The molecule has 0 aliphatic heterocycles. The molecule has 0 spiro atoms. The molecule has 0 aliphatic carbocycles. The average Bonchev–Trinajstić information content (AvgIpc) is 3.45. The van der Waals surface area contributed by atoms with Gasteiger partial charge in [-0.1, -0.05) is 47.7 Å². The standard InChI is InChI=1S/C24H23N3O3S2/c1-4-11-27-23(29)21-18(17-9-7-15(2)8-10-17)13-31-22(21)26-24(27)32-14-20(28)25-16(3)19-6-5-12-30-19/h4-10,12-13,16H,1,11,14H2,2-3H3,(H,25,28). The van der Waals surface area contributed by atoms with Crippen molar-refractivity contribution in [1.29, 1.82) is 0 Å². The number of fused-ring (bicyclic) bond motifs is 1. The molecule has 4 aromatic rings. The first-order chi connectivity index (χ1) is 15.5. The van der Waals surface area contributed by atoms with E-state index < -0.39 is 0 Å². The number of hydrogen-bond donors (Lipinski definition) is 1. The van der Waals surface area contributed by atoms with Crippen molar-refractivity contribution >= 4 is 39.2 Å². The van der Waals surface area contributed by atoms with E-state index in [1.165, 1.54) is 23.1 Å². The lowest BCUT2D eigenvalue weighted by atomic mass is 10.1. The summed E-state index contributed by atoms with van der Waals surface area (Å²) in [6.07, 6.45) is 3.24. The molecule has 1 amide bonds. The minimum atomic E-state index is -0.238. The summed E-state index contributed by atoms with van der Waals surface area (Å²) in [5.74, 6) is 0.662. The molecule has 0 saturated carbocycles. The lowest BCUT2D eigenvalue weighted by Gasteiger charge is -2.13. The molecule has 6 nitrogen and oxygen atoms in total. The van der Waals surface area contributed by atoms with Gasteiger partial charge in [0.25, 0.3) is 5.56 Å². The van der Waals surface area contributed by atoms with Gasteiger partial charge in [-0.05, 0) is 31.5 Å². The van der Waals surface area contributed by atoms with E-state index in [4.69, 9.17) is 9.40 Å². The number of furan rings is 1. The quantitative estimate of drug-likeness (QED) is 0.220. The smallest absolute Gasteiger partial charge is 0.263 e. The van der Waals surface area contributed by atoms with Gasteiger partial charge >= 0.3 is 0 Å². The molecule has 1 unspecified atom stereocenters. The third-order valence-electron chi connectivity index (χ3n) is 5.01. The van der Waals surface area contributed by atoms with Crippen LogP contribution >= 0.6 is 23.1 Å². The summed E-state index contributed by atoms with van der Waals surface area (Å²) in [6, 6.07) is 11.5. The Hall–Kier alpha value is -3.10. The Balaban J connectivity index is 1.61. The van der Waals surface area contributed by atoms with Crippen molar-refractivity contribution in [3.63, 3.8) is 0 Å². The first-order valence-electron chi connectivity index (χ1n) is 10.1. The van der Waals surface area contributed by atoms with Crippen molar-refractivity contribution in [3.05, 3.63) is 82.4 Å². The Labute approximate surface area is 194 Å². The number of benzene rings is 1. The number of rotatable bonds is 8. The van der Waals surface area contributed by atoms with Crippen LogP contribution in [0.15, 0.2) is 75.1 Å². The lowest BCUT2D eigenvalue weighted by Crippen LogP contribution is -2.29. The van der Waals surface area contributed by atoms with Crippen molar-refractivity contribution in [1.82, 2.24) is 14.9 Å². The summed E-state index contributed by atoms with van der Waals surface area (Å²) in [6.45, 7) is 7.98. The monoisotopic (exact) mass is 465 g/mol. The third-order valence-corrected chi connectivity index (χ3v) is 6.86. The molecule has 0 saturated heterocycles. The summed E-state index contributed by atoms with van der Waals surface area (Å²) < 4.78 is 6.91. The molecule has 1 aromatic carbocycles. The van der Waals surface area contributed by atoms with Gasteiger partial charge in [-0.15, -0.1) is 17.9 Å². The molecule has 1 atom stereocenters.